The molecule has 158 valence electrons. The van der Waals surface area contributed by atoms with E-state index in [9.17, 15) is 23.1 Å². The summed E-state index contributed by atoms with van der Waals surface area (Å²) in [6.45, 7) is 3.20. The molecule has 9 nitrogen and oxygen atoms in total. The minimum absolute atomic E-state index is 0.148. The minimum Gasteiger partial charge on any atom is -0.395 e. The van der Waals surface area contributed by atoms with Gasteiger partial charge in [-0.2, -0.15) is 4.98 Å². The Morgan fingerprint density at radius 1 is 1.55 bits per heavy atom. The maximum Gasteiger partial charge on any atom is 0.573 e. The number of ether oxygens (including phenoxy) is 3. The van der Waals surface area contributed by atoms with Crippen LogP contribution in [0.25, 0.3) is 0 Å². The lowest BCUT2D eigenvalue weighted by Crippen LogP contribution is -2.29. The molecular weight excluding hydrogens is 397 g/mol. The molecule has 1 fully saturated rings. The van der Waals surface area contributed by atoms with Crippen molar-refractivity contribution in [3.05, 3.63) is 34.9 Å². The van der Waals surface area contributed by atoms with Gasteiger partial charge in [-0.3, -0.25) is 4.57 Å². The molecule has 0 spiro atoms. The zero-order valence-corrected chi connectivity index (χ0v) is 15.1. The summed E-state index contributed by atoms with van der Waals surface area (Å²) in [6.07, 6.45) is -3.29. The van der Waals surface area contributed by atoms with Crippen LogP contribution in [0.2, 0.25) is 0 Å². The van der Waals surface area contributed by atoms with E-state index in [2.05, 4.69) is 33.1 Å². The van der Waals surface area contributed by atoms with Gasteiger partial charge in [0.15, 0.2) is 6.40 Å². The second kappa shape index (κ2) is 10.1. The van der Waals surface area contributed by atoms with Crippen molar-refractivity contribution in [3.8, 4) is 11.8 Å². The Bertz CT molecular complexity index is 859. The van der Waals surface area contributed by atoms with E-state index >= 15 is 0 Å². The Morgan fingerprint density at radius 3 is 2.97 bits per heavy atom. The van der Waals surface area contributed by atoms with Gasteiger partial charge in [0.1, 0.15) is 24.7 Å². The van der Waals surface area contributed by atoms with Crippen LogP contribution in [0.15, 0.2) is 28.6 Å². The van der Waals surface area contributed by atoms with E-state index in [1.807, 2.05) is 0 Å². The average molecular weight is 416 g/mol. The van der Waals surface area contributed by atoms with Crippen LogP contribution in [0.4, 0.5) is 19.0 Å². The van der Waals surface area contributed by atoms with Crippen LogP contribution in [0.3, 0.4) is 0 Å². The van der Waals surface area contributed by atoms with Crippen LogP contribution in [-0.4, -0.2) is 59.4 Å². The van der Waals surface area contributed by atoms with Gasteiger partial charge in [0, 0.05) is 12.6 Å². The standard InChI is InChI=1S/C17H19F3N4O5/c1-2-6-27-12-7-14(29-13(12)9-25)24-8-11(15(21)23-16(24)26)4-3-5-22-10-28-17(18,19)20/h2,8,10,12-14,25H,1,5-7,9H2,(H2,21,23,26)/b22-10+. The number of rotatable bonds is 7. The third-order valence-corrected chi connectivity index (χ3v) is 3.73. The van der Waals surface area contributed by atoms with Gasteiger partial charge >= 0.3 is 12.1 Å². The Kier molecular flexibility index (Phi) is 7.77. The summed E-state index contributed by atoms with van der Waals surface area (Å²) in [5.74, 6) is 4.90. The van der Waals surface area contributed by atoms with E-state index < -0.39 is 30.5 Å². The average Bonchev–Trinajstić information content (AvgIpc) is 3.06. The molecule has 1 aliphatic heterocycles. The van der Waals surface area contributed by atoms with Gasteiger partial charge in [-0.15, -0.1) is 19.8 Å². The molecule has 1 aromatic heterocycles. The zero-order chi connectivity index (χ0) is 21.4. The highest BCUT2D eigenvalue weighted by Gasteiger charge is 2.37. The van der Waals surface area contributed by atoms with Gasteiger partial charge < -0.3 is 25.1 Å². The topological polar surface area (TPSA) is 121 Å². The van der Waals surface area contributed by atoms with Crippen molar-refractivity contribution in [1.82, 2.24) is 9.55 Å². The second-order valence-electron chi connectivity index (χ2n) is 5.75. The predicted octanol–water partition coefficient (Wildman–Crippen LogP) is 0.593. The molecule has 29 heavy (non-hydrogen) atoms. The number of hydrogen-bond donors (Lipinski definition) is 2. The fourth-order valence-electron chi connectivity index (χ4n) is 2.50. The highest BCUT2D eigenvalue weighted by atomic mass is 19.4. The first-order valence-electron chi connectivity index (χ1n) is 8.34. The molecule has 1 aromatic rings. The number of aliphatic imine (C=N–C) groups is 1. The van der Waals surface area contributed by atoms with Crippen molar-refractivity contribution < 1.29 is 32.5 Å². The normalized spacial score (nSPS) is 21.7. The maximum atomic E-state index is 12.2. The van der Waals surface area contributed by atoms with Crippen molar-refractivity contribution in [2.24, 2.45) is 4.99 Å². The Morgan fingerprint density at radius 2 is 2.31 bits per heavy atom. The largest absolute Gasteiger partial charge is 0.573 e. The number of anilines is 1. The van der Waals surface area contributed by atoms with E-state index in [4.69, 9.17) is 15.2 Å². The van der Waals surface area contributed by atoms with Crippen LogP contribution in [0, 0.1) is 11.8 Å². The molecule has 1 saturated heterocycles. The number of aliphatic hydroxyl groups is 1. The number of aliphatic hydroxyl groups excluding tert-OH is 1. The Hall–Kier alpha value is -2.88. The van der Waals surface area contributed by atoms with Gasteiger partial charge in [0.2, 0.25) is 0 Å². The van der Waals surface area contributed by atoms with Crippen molar-refractivity contribution in [2.75, 3.05) is 25.5 Å². The van der Waals surface area contributed by atoms with Crippen molar-refractivity contribution in [3.63, 3.8) is 0 Å². The highest BCUT2D eigenvalue weighted by Crippen LogP contribution is 2.30. The van der Waals surface area contributed by atoms with Gasteiger partial charge in [0.25, 0.3) is 0 Å². The number of alkyl halides is 3. The molecular formula is C17H19F3N4O5. The molecule has 0 saturated carbocycles. The molecule has 0 aromatic carbocycles. The summed E-state index contributed by atoms with van der Waals surface area (Å²) in [7, 11) is 0. The van der Waals surface area contributed by atoms with E-state index in [1.54, 1.807) is 6.08 Å². The van der Waals surface area contributed by atoms with E-state index in [-0.39, 0.29) is 44.0 Å². The lowest BCUT2D eigenvalue weighted by atomic mass is 10.2. The molecule has 0 aliphatic carbocycles. The molecule has 0 bridgehead atoms. The molecule has 3 unspecified atom stereocenters. The van der Waals surface area contributed by atoms with Crippen LogP contribution in [-0.2, 0) is 14.2 Å². The fourth-order valence-corrected chi connectivity index (χ4v) is 2.50. The summed E-state index contributed by atoms with van der Waals surface area (Å²) in [5.41, 5.74) is 5.16. The first-order chi connectivity index (χ1) is 13.7. The van der Waals surface area contributed by atoms with Crippen molar-refractivity contribution in [1.29, 1.82) is 0 Å². The number of aromatic nitrogens is 2. The van der Waals surface area contributed by atoms with E-state index in [1.165, 1.54) is 6.20 Å². The van der Waals surface area contributed by atoms with Gasteiger partial charge in [-0.1, -0.05) is 17.9 Å². The maximum absolute atomic E-state index is 12.2. The number of nitrogen functional groups attached to an aromatic ring is 1. The Labute approximate surface area is 163 Å². The number of hydrogen-bond acceptors (Lipinski definition) is 8. The first-order valence-corrected chi connectivity index (χ1v) is 8.34. The quantitative estimate of drug-likeness (QED) is 0.289. The Balaban J connectivity index is 2.13. The summed E-state index contributed by atoms with van der Waals surface area (Å²) in [5, 5.41) is 9.44. The number of nitrogens with zero attached hydrogens (tertiary/aromatic N) is 3. The SMILES string of the molecule is C=CCOC1CC(n2cc(C#CC/N=C/OC(F)(F)F)c(N)nc2=O)OC1CO. The summed E-state index contributed by atoms with van der Waals surface area (Å²) < 4.78 is 51.2. The minimum atomic E-state index is -4.82. The van der Waals surface area contributed by atoms with E-state index in [0.717, 1.165) is 4.57 Å². The molecule has 1 aliphatic rings. The zero-order valence-electron chi connectivity index (χ0n) is 15.1. The first kappa shape index (κ1) is 22.4. The molecule has 2 rings (SSSR count). The predicted molar refractivity (Wildman–Crippen MR) is 95.8 cm³/mol. The molecule has 0 amide bonds. The molecule has 0 radical (unpaired) electrons. The van der Waals surface area contributed by atoms with Crippen LogP contribution < -0.4 is 11.4 Å². The summed E-state index contributed by atoms with van der Waals surface area (Å²) in [4.78, 5) is 19.2. The van der Waals surface area contributed by atoms with Crippen molar-refractivity contribution >= 4 is 12.2 Å². The third kappa shape index (κ3) is 6.60. The van der Waals surface area contributed by atoms with Gasteiger partial charge in [0.05, 0.1) is 24.9 Å². The van der Waals surface area contributed by atoms with Gasteiger partial charge in [-0.05, 0) is 0 Å². The molecule has 2 heterocycles. The summed E-state index contributed by atoms with van der Waals surface area (Å²) >= 11 is 0. The van der Waals surface area contributed by atoms with Crippen molar-refractivity contribution in [2.45, 2.75) is 31.2 Å². The summed E-state index contributed by atoms with van der Waals surface area (Å²) in [6, 6.07) is 0. The number of halogens is 3. The lowest BCUT2D eigenvalue weighted by molar-refractivity contribution is -0.280. The molecule has 3 atom stereocenters. The highest BCUT2D eigenvalue weighted by molar-refractivity contribution is 5.50. The van der Waals surface area contributed by atoms with Crippen LogP contribution in [0.5, 0.6) is 0 Å². The van der Waals surface area contributed by atoms with Crippen LogP contribution >= 0.6 is 0 Å². The second-order valence-corrected chi connectivity index (χ2v) is 5.75. The lowest BCUT2D eigenvalue weighted by Gasteiger charge is -2.15. The molecule has 3 N–H and O–H groups in total. The molecule has 12 heteroatoms. The van der Waals surface area contributed by atoms with E-state index in [0.29, 0.717) is 0 Å². The van der Waals surface area contributed by atoms with Gasteiger partial charge in [-0.25, -0.2) is 9.79 Å². The fraction of sp³-hybridized carbons (Fsp3) is 0.471. The number of nitrogens with two attached hydrogens (primary N) is 1. The van der Waals surface area contributed by atoms with Crippen LogP contribution in [0.1, 0.15) is 18.2 Å². The third-order valence-electron chi connectivity index (χ3n) is 3.73. The smallest absolute Gasteiger partial charge is 0.395 e. The monoisotopic (exact) mass is 416 g/mol.